The summed E-state index contributed by atoms with van der Waals surface area (Å²) in [4.78, 5) is 0. The molecule has 0 heterocycles. The van der Waals surface area contributed by atoms with E-state index in [-0.39, 0.29) is 0 Å². The zero-order valence-corrected chi connectivity index (χ0v) is 10.6. The monoisotopic (exact) mass is 223 g/mol. The zero-order chi connectivity index (χ0) is 12.0. The molecule has 0 aliphatic rings. The van der Waals surface area contributed by atoms with Crippen LogP contribution in [0.4, 0.5) is 0 Å². The second-order valence-electron chi connectivity index (χ2n) is 3.92. The van der Waals surface area contributed by atoms with Crippen molar-refractivity contribution in [3.63, 3.8) is 0 Å². The van der Waals surface area contributed by atoms with Crippen LogP contribution in [0, 0.1) is 13.8 Å². The van der Waals surface area contributed by atoms with E-state index < -0.39 is 0 Å². The summed E-state index contributed by atoms with van der Waals surface area (Å²) in [5, 5.41) is 3.05. The van der Waals surface area contributed by atoms with Crippen molar-refractivity contribution < 1.29 is 9.47 Å². The molecule has 0 saturated carbocycles. The Kier molecular flexibility index (Phi) is 5.29. The van der Waals surface area contributed by atoms with Crippen LogP contribution in [0.15, 0.2) is 12.1 Å². The Hall–Kier alpha value is -1.06. The number of benzene rings is 1. The molecule has 0 aliphatic heterocycles. The molecule has 0 radical (unpaired) electrons. The van der Waals surface area contributed by atoms with Gasteiger partial charge in [0.1, 0.15) is 5.75 Å². The summed E-state index contributed by atoms with van der Waals surface area (Å²) in [5.74, 6) is 0.918. The lowest BCUT2D eigenvalue weighted by atomic mass is 10.1. The number of rotatable bonds is 6. The van der Waals surface area contributed by atoms with Crippen molar-refractivity contribution >= 4 is 0 Å². The summed E-state index contributed by atoms with van der Waals surface area (Å²) in [6.07, 6.45) is 0. The molecule has 1 N–H and O–H groups in total. The van der Waals surface area contributed by atoms with Gasteiger partial charge in [-0.2, -0.15) is 0 Å². The quantitative estimate of drug-likeness (QED) is 0.749. The highest BCUT2D eigenvalue weighted by Crippen LogP contribution is 2.24. The molecule has 0 spiro atoms. The highest BCUT2D eigenvalue weighted by molar-refractivity contribution is 5.42. The normalized spacial score (nSPS) is 10.5. The average molecular weight is 223 g/mol. The third-order valence-electron chi connectivity index (χ3n) is 2.54. The van der Waals surface area contributed by atoms with Crippen molar-refractivity contribution in [2.75, 3.05) is 27.3 Å². The van der Waals surface area contributed by atoms with Gasteiger partial charge in [-0.05, 0) is 38.1 Å². The molecular formula is C13H21NO2. The minimum atomic E-state index is 0.608. The third-order valence-corrected chi connectivity index (χ3v) is 2.54. The van der Waals surface area contributed by atoms with E-state index in [0.717, 1.165) is 17.9 Å². The minimum absolute atomic E-state index is 0.608. The Morgan fingerprint density at radius 3 is 2.62 bits per heavy atom. The first-order valence-electron chi connectivity index (χ1n) is 5.55. The lowest BCUT2D eigenvalue weighted by Gasteiger charge is -2.13. The molecule has 3 nitrogen and oxygen atoms in total. The molecule has 0 aliphatic carbocycles. The van der Waals surface area contributed by atoms with Gasteiger partial charge < -0.3 is 14.8 Å². The molecular weight excluding hydrogens is 202 g/mol. The first-order valence-corrected chi connectivity index (χ1v) is 5.55. The highest BCUT2D eigenvalue weighted by Gasteiger charge is 2.07. The van der Waals surface area contributed by atoms with E-state index >= 15 is 0 Å². The fourth-order valence-electron chi connectivity index (χ4n) is 1.67. The molecule has 0 unspecified atom stereocenters. The average Bonchev–Trinajstić information content (AvgIpc) is 2.26. The maximum Gasteiger partial charge on any atom is 0.124 e. The summed E-state index contributed by atoms with van der Waals surface area (Å²) in [6, 6.07) is 4.20. The van der Waals surface area contributed by atoms with Crippen LogP contribution in [-0.2, 0) is 11.3 Å². The van der Waals surface area contributed by atoms with E-state index in [1.807, 2.05) is 13.1 Å². The van der Waals surface area contributed by atoms with E-state index in [1.165, 1.54) is 11.1 Å². The second kappa shape index (κ2) is 6.51. The van der Waals surface area contributed by atoms with Gasteiger partial charge in [0.05, 0.1) is 20.3 Å². The molecule has 0 aromatic heterocycles. The SMILES string of the molecule is CNCCOCc1c(C)cc(C)cc1OC. The Morgan fingerprint density at radius 1 is 1.25 bits per heavy atom. The maximum atomic E-state index is 5.58. The number of likely N-dealkylation sites (N-methyl/N-ethyl adjacent to an activating group) is 1. The Morgan fingerprint density at radius 2 is 2.00 bits per heavy atom. The standard InChI is InChI=1S/C13H21NO2/c1-10-7-11(2)12(13(8-10)15-4)9-16-6-5-14-3/h7-8,14H,5-6,9H2,1-4H3. The molecule has 1 aromatic carbocycles. The molecule has 3 heteroatoms. The van der Waals surface area contributed by atoms with Crippen LogP contribution in [0.5, 0.6) is 5.75 Å². The van der Waals surface area contributed by atoms with Gasteiger partial charge in [0.25, 0.3) is 0 Å². The fourth-order valence-corrected chi connectivity index (χ4v) is 1.67. The van der Waals surface area contributed by atoms with Crippen LogP contribution in [0.3, 0.4) is 0 Å². The van der Waals surface area contributed by atoms with E-state index in [0.29, 0.717) is 13.2 Å². The third kappa shape index (κ3) is 3.51. The van der Waals surface area contributed by atoms with Gasteiger partial charge in [-0.1, -0.05) is 6.07 Å². The molecule has 0 saturated heterocycles. The number of hydrogen-bond donors (Lipinski definition) is 1. The predicted molar refractivity (Wildman–Crippen MR) is 66.1 cm³/mol. The van der Waals surface area contributed by atoms with Crippen LogP contribution in [0.1, 0.15) is 16.7 Å². The second-order valence-corrected chi connectivity index (χ2v) is 3.92. The smallest absolute Gasteiger partial charge is 0.124 e. The van der Waals surface area contributed by atoms with Crippen LogP contribution in [0.2, 0.25) is 0 Å². The number of nitrogens with one attached hydrogen (secondary N) is 1. The van der Waals surface area contributed by atoms with Gasteiger partial charge >= 0.3 is 0 Å². The lowest BCUT2D eigenvalue weighted by Crippen LogP contribution is -2.14. The van der Waals surface area contributed by atoms with E-state index in [1.54, 1.807) is 7.11 Å². The zero-order valence-electron chi connectivity index (χ0n) is 10.6. The largest absolute Gasteiger partial charge is 0.496 e. The van der Waals surface area contributed by atoms with Crippen LogP contribution in [0.25, 0.3) is 0 Å². The van der Waals surface area contributed by atoms with Crippen LogP contribution < -0.4 is 10.1 Å². The maximum absolute atomic E-state index is 5.58. The molecule has 0 bridgehead atoms. The van der Waals surface area contributed by atoms with Crippen molar-refractivity contribution in [1.82, 2.24) is 5.32 Å². The number of hydrogen-bond acceptors (Lipinski definition) is 3. The molecule has 1 aromatic rings. The Bertz CT molecular complexity index is 337. The summed E-state index contributed by atoms with van der Waals surface area (Å²) >= 11 is 0. The van der Waals surface area contributed by atoms with E-state index in [4.69, 9.17) is 9.47 Å². The summed E-state index contributed by atoms with van der Waals surface area (Å²) < 4.78 is 10.9. The van der Waals surface area contributed by atoms with Crippen molar-refractivity contribution in [3.8, 4) is 5.75 Å². The predicted octanol–water partition coefficient (Wildman–Crippen LogP) is 2.05. The minimum Gasteiger partial charge on any atom is -0.496 e. The molecule has 0 amide bonds. The molecule has 16 heavy (non-hydrogen) atoms. The highest BCUT2D eigenvalue weighted by atomic mass is 16.5. The van der Waals surface area contributed by atoms with E-state index in [9.17, 15) is 0 Å². The van der Waals surface area contributed by atoms with Gasteiger partial charge in [-0.15, -0.1) is 0 Å². The summed E-state index contributed by atoms with van der Waals surface area (Å²) in [6.45, 7) is 6.35. The topological polar surface area (TPSA) is 30.5 Å². The van der Waals surface area contributed by atoms with E-state index in [2.05, 4.69) is 25.2 Å². The van der Waals surface area contributed by atoms with Crippen LogP contribution in [-0.4, -0.2) is 27.3 Å². The first-order chi connectivity index (χ1) is 7.69. The van der Waals surface area contributed by atoms with Gasteiger partial charge in [0.15, 0.2) is 0 Å². The van der Waals surface area contributed by atoms with Crippen molar-refractivity contribution in [3.05, 3.63) is 28.8 Å². The molecule has 90 valence electrons. The molecule has 0 fully saturated rings. The Labute approximate surface area is 97.8 Å². The van der Waals surface area contributed by atoms with Gasteiger partial charge in [0, 0.05) is 12.1 Å². The summed E-state index contributed by atoms with van der Waals surface area (Å²) in [7, 11) is 3.62. The Balaban J connectivity index is 2.70. The molecule has 0 atom stereocenters. The van der Waals surface area contributed by atoms with Crippen molar-refractivity contribution in [1.29, 1.82) is 0 Å². The lowest BCUT2D eigenvalue weighted by molar-refractivity contribution is 0.121. The molecule has 1 rings (SSSR count). The first kappa shape index (κ1) is 13.0. The van der Waals surface area contributed by atoms with Crippen LogP contribution >= 0.6 is 0 Å². The van der Waals surface area contributed by atoms with Gasteiger partial charge in [-0.3, -0.25) is 0 Å². The fraction of sp³-hybridized carbons (Fsp3) is 0.538. The van der Waals surface area contributed by atoms with Gasteiger partial charge in [0.2, 0.25) is 0 Å². The number of ether oxygens (including phenoxy) is 2. The van der Waals surface area contributed by atoms with Crippen molar-refractivity contribution in [2.45, 2.75) is 20.5 Å². The van der Waals surface area contributed by atoms with Gasteiger partial charge in [-0.25, -0.2) is 0 Å². The van der Waals surface area contributed by atoms with Crippen molar-refractivity contribution in [2.24, 2.45) is 0 Å². The number of methoxy groups -OCH3 is 1. The number of aryl methyl sites for hydroxylation is 2. The summed E-state index contributed by atoms with van der Waals surface area (Å²) in [5.41, 5.74) is 3.58.